The number of carboxylic acids is 1. The van der Waals surface area contributed by atoms with Crippen LogP contribution in [0.25, 0.3) is 0 Å². The number of halogens is 4. The van der Waals surface area contributed by atoms with E-state index in [0.717, 1.165) is 12.1 Å². The first-order chi connectivity index (χ1) is 10.7. The lowest BCUT2D eigenvalue weighted by Crippen LogP contribution is -2.35. The number of benzene rings is 1. The van der Waals surface area contributed by atoms with Crippen LogP contribution in [0.3, 0.4) is 0 Å². The van der Waals surface area contributed by atoms with Crippen molar-refractivity contribution >= 4 is 11.9 Å². The summed E-state index contributed by atoms with van der Waals surface area (Å²) in [5.41, 5.74) is -1.17. The Kier molecular flexibility index (Phi) is 6.53. The van der Waals surface area contributed by atoms with E-state index in [1.54, 1.807) is 6.92 Å². The second-order valence-corrected chi connectivity index (χ2v) is 5.05. The predicted octanol–water partition coefficient (Wildman–Crippen LogP) is 3.33. The molecule has 0 fully saturated rings. The summed E-state index contributed by atoms with van der Waals surface area (Å²) < 4.78 is 51.2. The van der Waals surface area contributed by atoms with E-state index in [2.05, 4.69) is 5.32 Å². The minimum Gasteiger partial charge on any atom is -0.481 e. The number of alkyl halides is 4. The van der Waals surface area contributed by atoms with Crippen LogP contribution in [0, 0.1) is 5.92 Å². The van der Waals surface area contributed by atoms with Gasteiger partial charge in [0.25, 0.3) is 5.91 Å². The molecule has 0 aliphatic rings. The van der Waals surface area contributed by atoms with Crippen molar-refractivity contribution in [2.24, 2.45) is 5.92 Å². The fourth-order valence-corrected chi connectivity index (χ4v) is 1.97. The van der Waals surface area contributed by atoms with Gasteiger partial charge in [-0.15, -0.1) is 0 Å². The van der Waals surface area contributed by atoms with Crippen LogP contribution in [0.15, 0.2) is 24.3 Å². The van der Waals surface area contributed by atoms with Crippen molar-refractivity contribution in [1.29, 1.82) is 0 Å². The number of hydrogen-bond donors (Lipinski definition) is 2. The number of rotatable bonds is 7. The molecule has 0 aromatic heterocycles. The third kappa shape index (κ3) is 5.54. The maximum atomic E-state index is 14.0. The molecule has 1 rings (SSSR count). The Balaban J connectivity index is 2.67. The monoisotopic (exact) mass is 335 g/mol. The highest BCUT2D eigenvalue weighted by Crippen LogP contribution is 2.30. The Hall–Kier alpha value is -2.12. The van der Waals surface area contributed by atoms with Gasteiger partial charge in [0.15, 0.2) is 0 Å². The van der Waals surface area contributed by atoms with Crippen molar-refractivity contribution < 1.29 is 32.3 Å². The van der Waals surface area contributed by atoms with Gasteiger partial charge < -0.3 is 10.4 Å². The Bertz CT molecular complexity index is 543. The molecule has 2 N–H and O–H groups in total. The van der Waals surface area contributed by atoms with Crippen molar-refractivity contribution in [1.82, 2.24) is 5.32 Å². The molecule has 23 heavy (non-hydrogen) atoms. The first-order valence-corrected chi connectivity index (χ1v) is 6.98. The molecule has 0 radical (unpaired) electrons. The molecule has 0 aliphatic heterocycles. The minimum atomic E-state index is -4.54. The molecule has 1 aromatic rings. The van der Waals surface area contributed by atoms with E-state index in [1.165, 1.54) is 0 Å². The molecule has 0 spiro atoms. The van der Waals surface area contributed by atoms with Gasteiger partial charge in [0.05, 0.1) is 11.5 Å². The SMILES string of the molecule is CCCC(CNC(=O)C(F)c1ccc(C(F)(F)F)cc1)C(=O)O. The van der Waals surface area contributed by atoms with Gasteiger partial charge in [0, 0.05) is 6.54 Å². The lowest BCUT2D eigenvalue weighted by molar-refractivity contribution is -0.142. The highest BCUT2D eigenvalue weighted by Gasteiger charge is 2.31. The van der Waals surface area contributed by atoms with Gasteiger partial charge in [-0.25, -0.2) is 4.39 Å². The van der Waals surface area contributed by atoms with Gasteiger partial charge in [-0.3, -0.25) is 9.59 Å². The van der Waals surface area contributed by atoms with E-state index in [0.29, 0.717) is 25.0 Å². The summed E-state index contributed by atoms with van der Waals surface area (Å²) >= 11 is 0. The number of amides is 1. The molecule has 128 valence electrons. The van der Waals surface area contributed by atoms with Gasteiger partial charge >= 0.3 is 12.1 Å². The van der Waals surface area contributed by atoms with Crippen molar-refractivity contribution in [2.45, 2.75) is 32.1 Å². The molecule has 0 saturated carbocycles. The lowest BCUT2D eigenvalue weighted by atomic mass is 10.0. The van der Waals surface area contributed by atoms with Crippen molar-refractivity contribution in [3.8, 4) is 0 Å². The molecule has 0 aliphatic carbocycles. The molecular formula is C15H17F4NO3. The normalized spacial score (nSPS) is 14.1. The van der Waals surface area contributed by atoms with E-state index in [1.807, 2.05) is 0 Å². The molecule has 4 nitrogen and oxygen atoms in total. The highest BCUT2D eigenvalue weighted by molar-refractivity contribution is 5.82. The Morgan fingerprint density at radius 3 is 2.22 bits per heavy atom. The Morgan fingerprint density at radius 2 is 1.78 bits per heavy atom. The Morgan fingerprint density at radius 1 is 1.22 bits per heavy atom. The molecule has 0 saturated heterocycles. The third-order valence-corrected chi connectivity index (χ3v) is 3.27. The summed E-state index contributed by atoms with van der Waals surface area (Å²) in [6.07, 6.45) is -5.78. The van der Waals surface area contributed by atoms with Crippen LogP contribution in [-0.4, -0.2) is 23.5 Å². The number of carbonyl (C=O) groups is 2. The number of carbonyl (C=O) groups excluding carboxylic acids is 1. The van der Waals surface area contributed by atoms with E-state index in [4.69, 9.17) is 5.11 Å². The zero-order valence-corrected chi connectivity index (χ0v) is 12.4. The van der Waals surface area contributed by atoms with Gasteiger partial charge in [-0.1, -0.05) is 25.5 Å². The van der Waals surface area contributed by atoms with Crippen LogP contribution in [0.4, 0.5) is 17.6 Å². The van der Waals surface area contributed by atoms with Crippen LogP contribution >= 0.6 is 0 Å². The van der Waals surface area contributed by atoms with E-state index in [9.17, 15) is 27.2 Å². The number of nitrogens with one attached hydrogen (secondary N) is 1. The van der Waals surface area contributed by atoms with Crippen LogP contribution in [0.1, 0.15) is 37.1 Å². The summed E-state index contributed by atoms with van der Waals surface area (Å²) in [5, 5.41) is 11.1. The van der Waals surface area contributed by atoms with Crippen LogP contribution in [0.2, 0.25) is 0 Å². The van der Waals surface area contributed by atoms with Gasteiger partial charge in [0.1, 0.15) is 0 Å². The van der Waals surface area contributed by atoms with Gasteiger partial charge in [0.2, 0.25) is 6.17 Å². The largest absolute Gasteiger partial charge is 0.481 e. The fraction of sp³-hybridized carbons (Fsp3) is 0.467. The summed E-state index contributed by atoms with van der Waals surface area (Å²) in [4.78, 5) is 22.6. The molecule has 8 heteroatoms. The second kappa shape index (κ2) is 7.94. The molecule has 0 bridgehead atoms. The first-order valence-electron chi connectivity index (χ1n) is 6.98. The third-order valence-electron chi connectivity index (χ3n) is 3.27. The number of aliphatic carboxylic acids is 1. The average molecular weight is 335 g/mol. The number of hydrogen-bond acceptors (Lipinski definition) is 2. The highest BCUT2D eigenvalue weighted by atomic mass is 19.4. The van der Waals surface area contributed by atoms with Crippen molar-refractivity contribution in [3.05, 3.63) is 35.4 Å². The average Bonchev–Trinajstić information content (AvgIpc) is 2.49. The number of carboxylic acid groups (broad SMARTS) is 1. The predicted molar refractivity (Wildman–Crippen MR) is 74.3 cm³/mol. The first kappa shape index (κ1) is 18.9. The summed E-state index contributed by atoms with van der Waals surface area (Å²) in [6, 6.07) is 3.14. The minimum absolute atomic E-state index is 0.224. The zero-order valence-electron chi connectivity index (χ0n) is 12.4. The van der Waals surface area contributed by atoms with Crippen molar-refractivity contribution in [2.75, 3.05) is 6.54 Å². The van der Waals surface area contributed by atoms with Crippen LogP contribution in [0.5, 0.6) is 0 Å². The molecule has 1 amide bonds. The van der Waals surface area contributed by atoms with Crippen LogP contribution in [-0.2, 0) is 15.8 Å². The summed E-state index contributed by atoms with van der Waals surface area (Å²) in [5.74, 6) is -3.01. The molecule has 1 aromatic carbocycles. The summed E-state index contributed by atoms with van der Waals surface area (Å²) in [6.45, 7) is 1.54. The Labute approximate surface area is 130 Å². The van der Waals surface area contributed by atoms with Gasteiger partial charge in [-0.2, -0.15) is 13.2 Å². The molecule has 2 atom stereocenters. The smallest absolute Gasteiger partial charge is 0.416 e. The van der Waals surface area contributed by atoms with E-state index in [-0.39, 0.29) is 12.1 Å². The van der Waals surface area contributed by atoms with Crippen molar-refractivity contribution in [3.63, 3.8) is 0 Å². The molecule has 2 unspecified atom stereocenters. The maximum absolute atomic E-state index is 14.0. The zero-order chi connectivity index (χ0) is 17.6. The van der Waals surface area contributed by atoms with Crippen LogP contribution < -0.4 is 5.32 Å². The summed E-state index contributed by atoms with van der Waals surface area (Å²) in [7, 11) is 0. The maximum Gasteiger partial charge on any atom is 0.416 e. The van der Waals surface area contributed by atoms with E-state index < -0.39 is 35.7 Å². The lowest BCUT2D eigenvalue weighted by Gasteiger charge is -2.14. The topological polar surface area (TPSA) is 66.4 Å². The quantitative estimate of drug-likeness (QED) is 0.751. The van der Waals surface area contributed by atoms with Gasteiger partial charge in [-0.05, 0) is 24.1 Å². The van der Waals surface area contributed by atoms with E-state index >= 15 is 0 Å². The standard InChI is InChI=1S/C15H17F4NO3/c1-2-3-10(14(22)23)8-20-13(21)12(16)9-4-6-11(7-5-9)15(17,18)19/h4-7,10,12H,2-3,8H2,1H3,(H,20,21)(H,22,23). The molecular weight excluding hydrogens is 318 g/mol. The second-order valence-electron chi connectivity index (χ2n) is 5.05. The molecule has 0 heterocycles. The fourth-order valence-electron chi connectivity index (χ4n) is 1.97.